The van der Waals surface area contributed by atoms with Crippen LogP contribution in [0.2, 0.25) is 0 Å². The van der Waals surface area contributed by atoms with Crippen molar-refractivity contribution in [3.63, 3.8) is 0 Å². The van der Waals surface area contributed by atoms with Crippen LogP contribution in [0.1, 0.15) is 30.6 Å². The summed E-state index contributed by atoms with van der Waals surface area (Å²) in [4.78, 5) is 11.0. The first kappa shape index (κ1) is 16.1. The van der Waals surface area contributed by atoms with E-state index in [1.54, 1.807) is 13.2 Å². The van der Waals surface area contributed by atoms with Crippen molar-refractivity contribution in [1.29, 1.82) is 0 Å². The Balaban J connectivity index is 2.02. The van der Waals surface area contributed by atoms with Crippen LogP contribution in [0, 0.1) is 11.8 Å². The molecule has 0 fully saturated rings. The largest absolute Gasteiger partial charge is 0.493 e. The van der Waals surface area contributed by atoms with Gasteiger partial charge in [-0.2, -0.15) is 0 Å². The molecule has 0 spiro atoms. The third-order valence-corrected chi connectivity index (χ3v) is 4.16. The maximum Gasteiger partial charge on any atom is 0.335 e. The summed E-state index contributed by atoms with van der Waals surface area (Å²) in [5.74, 6) is 1.07. The van der Waals surface area contributed by atoms with Crippen LogP contribution in [-0.4, -0.2) is 24.8 Å². The van der Waals surface area contributed by atoms with E-state index < -0.39 is 5.97 Å². The van der Waals surface area contributed by atoms with Gasteiger partial charge in [0.1, 0.15) is 0 Å². The van der Waals surface area contributed by atoms with Gasteiger partial charge in [0.2, 0.25) is 0 Å². The smallest absolute Gasteiger partial charge is 0.335 e. The Labute approximate surface area is 131 Å². The fourth-order valence-corrected chi connectivity index (χ4v) is 2.52. The Morgan fingerprint density at radius 3 is 2.73 bits per heavy atom. The molecule has 0 aromatic heterocycles. The van der Waals surface area contributed by atoms with Gasteiger partial charge in [-0.25, -0.2) is 4.79 Å². The number of ether oxygens (including phenoxy) is 2. The summed E-state index contributed by atoms with van der Waals surface area (Å²) in [6.07, 6.45) is 7.25. The first-order chi connectivity index (χ1) is 10.5. The summed E-state index contributed by atoms with van der Waals surface area (Å²) in [5.41, 5.74) is 1.54. The molecule has 2 unspecified atom stereocenters. The van der Waals surface area contributed by atoms with Gasteiger partial charge in [-0.05, 0) is 30.0 Å². The third-order valence-electron chi connectivity index (χ3n) is 4.16. The van der Waals surface area contributed by atoms with Crippen molar-refractivity contribution in [1.82, 2.24) is 0 Å². The van der Waals surface area contributed by atoms with E-state index in [0.29, 0.717) is 29.9 Å². The molecular formula is C18H22O4. The van der Waals surface area contributed by atoms with Crippen LogP contribution < -0.4 is 9.47 Å². The maximum atomic E-state index is 11.0. The molecule has 1 aromatic rings. The number of carboxylic acids is 1. The molecule has 0 heterocycles. The zero-order valence-corrected chi connectivity index (χ0v) is 13.2. The Kier molecular flexibility index (Phi) is 5.26. The molecule has 1 aliphatic rings. The Hall–Kier alpha value is -2.23. The average Bonchev–Trinajstić information content (AvgIpc) is 2.51. The van der Waals surface area contributed by atoms with Crippen LogP contribution in [-0.2, 0) is 0 Å². The molecular weight excluding hydrogens is 280 g/mol. The lowest BCUT2D eigenvalue weighted by Crippen LogP contribution is -2.14. The predicted octanol–water partition coefficient (Wildman–Crippen LogP) is 3.93. The summed E-state index contributed by atoms with van der Waals surface area (Å²) < 4.78 is 11.0. The van der Waals surface area contributed by atoms with Crippen LogP contribution in [0.25, 0.3) is 0 Å². The molecule has 1 aliphatic carbocycles. The van der Waals surface area contributed by atoms with Crippen molar-refractivity contribution in [3.05, 3.63) is 47.6 Å². The van der Waals surface area contributed by atoms with Crippen molar-refractivity contribution in [2.24, 2.45) is 11.8 Å². The Morgan fingerprint density at radius 2 is 2.05 bits per heavy atom. The molecule has 22 heavy (non-hydrogen) atoms. The number of hydrogen-bond donors (Lipinski definition) is 1. The molecule has 0 saturated heterocycles. The van der Waals surface area contributed by atoms with E-state index in [1.165, 1.54) is 17.7 Å². The fourth-order valence-electron chi connectivity index (χ4n) is 2.52. The first-order valence-corrected chi connectivity index (χ1v) is 7.44. The van der Waals surface area contributed by atoms with E-state index >= 15 is 0 Å². The van der Waals surface area contributed by atoms with Crippen molar-refractivity contribution in [2.45, 2.75) is 20.3 Å². The summed E-state index contributed by atoms with van der Waals surface area (Å²) >= 11 is 0. The molecule has 1 N–H and O–H groups in total. The number of benzene rings is 1. The molecule has 0 radical (unpaired) electrons. The number of methoxy groups -OCH3 is 1. The van der Waals surface area contributed by atoms with Gasteiger partial charge in [0.05, 0.1) is 19.3 Å². The van der Waals surface area contributed by atoms with Crippen LogP contribution >= 0.6 is 0 Å². The fraction of sp³-hybridized carbons (Fsp3) is 0.389. The molecule has 0 aliphatic heterocycles. The number of rotatable bonds is 6. The summed E-state index contributed by atoms with van der Waals surface area (Å²) in [6.45, 7) is 4.91. The monoisotopic (exact) mass is 302 g/mol. The third kappa shape index (κ3) is 3.70. The highest BCUT2D eigenvalue weighted by Gasteiger charge is 2.17. The zero-order valence-electron chi connectivity index (χ0n) is 13.2. The molecule has 0 bridgehead atoms. The van der Waals surface area contributed by atoms with Crippen LogP contribution in [0.3, 0.4) is 0 Å². The number of carboxylic acid groups (broad SMARTS) is 1. The summed E-state index contributed by atoms with van der Waals surface area (Å²) in [7, 11) is 1.54. The summed E-state index contributed by atoms with van der Waals surface area (Å²) in [6, 6.07) is 4.63. The van der Waals surface area contributed by atoms with E-state index in [9.17, 15) is 4.79 Å². The van der Waals surface area contributed by atoms with Gasteiger partial charge in [-0.3, -0.25) is 0 Å². The molecule has 0 saturated carbocycles. The van der Waals surface area contributed by atoms with E-state index in [0.717, 1.165) is 6.42 Å². The molecule has 0 amide bonds. The number of hydrogen-bond acceptors (Lipinski definition) is 3. The molecule has 1 aromatic carbocycles. The van der Waals surface area contributed by atoms with Crippen molar-refractivity contribution >= 4 is 5.97 Å². The Morgan fingerprint density at radius 1 is 1.27 bits per heavy atom. The zero-order chi connectivity index (χ0) is 16.1. The highest BCUT2D eigenvalue weighted by Crippen LogP contribution is 2.30. The molecule has 2 atom stereocenters. The van der Waals surface area contributed by atoms with Crippen molar-refractivity contribution < 1.29 is 19.4 Å². The summed E-state index contributed by atoms with van der Waals surface area (Å²) in [5, 5.41) is 9.05. The minimum atomic E-state index is -0.977. The topological polar surface area (TPSA) is 55.8 Å². The van der Waals surface area contributed by atoms with Gasteiger partial charge in [0.25, 0.3) is 0 Å². The van der Waals surface area contributed by atoms with Crippen LogP contribution in [0.15, 0.2) is 42.0 Å². The average molecular weight is 302 g/mol. The van der Waals surface area contributed by atoms with Crippen LogP contribution in [0.4, 0.5) is 0 Å². The van der Waals surface area contributed by atoms with Gasteiger partial charge in [0.15, 0.2) is 11.5 Å². The predicted molar refractivity (Wildman–Crippen MR) is 85.6 cm³/mol. The molecule has 4 nitrogen and oxygen atoms in total. The highest BCUT2D eigenvalue weighted by atomic mass is 16.5. The second-order valence-electron chi connectivity index (χ2n) is 5.54. The molecule has 118 valence electrons. The standard InChI is InChI=1S/C18H22O4/c1-12-5-4-6-14(13(12)2)9-10-22-17-11-15(18(19)20)7-8-16(17)21-3/h4-8,11-13H,9-10H2,1-3H3,(H,19,20). The number of allylic oxidation sites excluding steroid dienone is 3. The number of aromatic carboxylic acids is 1. The second-order valence-corrected chi connectivity index (χ2v) is 5.54. The van der Waals surface area contributed by atoms with Crippen molar-refractivity contribution in [3.8, 4) is 11.5 Å². The van der Waals surface area contributed by atoms with Gasteiger partial charge in [-0.1, -0.05) is 37.6 Å². The van der Waals surface area contributed by atoms with Gasteiger partial charge >= 0.3 is 5.97 Å². The lowest BCUT2D eigenvalue weighted by molar-refractivity contribution is 0.0696. The first-order valence-electron chi connectivity index (χ1n) is 7.44. The molecule has 4 heteroatoms. The minimum Gasteiger partial charge on any atom is -0.493 e. The van der Waals surface area contributed by atoms with E-state index in [1.807, 2.05) is 0 Å². The maximum absolute atomic E-state index is 11.0. The minimum absolute atomic E-state index is 0.192. The SMILES string of the molecule is COc1ccc(C(=O)O)cc1OCCC1=CC=CC(C)C1C. The van der Waals surface area contributed by atoms with E-state index in [-0.39, 0.29) is 5.56 Å². The lowest BCUT2D eigenvalue weighted by atomic mass is 9.83. The van der Waals surface area contributed by atoms with Gasteiger partial charge in [-0.15, -0.1) is 0 Å². The second kappa shape index (κ2) is 7.16. The van der Waals surface area contributed by atoms with Gasteiger partial charge < -0.3 is 14.6 Å². The van der Waals surface area contributed by atoms with Crippen molar-refractivity contribution in [2.75, 3.05) is 13.7 Å². The Bertz CT molecular complexity index is 601. The number of carbonyl (C=O) groups is 1. The van der Waals surface area contributed by atoms with Crippen LogP contribution in [0.5, 0.6) is 11.5 Å². The van der Waals surface area contributed by atoms with Gasteiger partial charge in [0, 0.05) is 6.42 Å². The molecule has 2 rings (SSSR count). The van der Waals surface area contributed by atoms with E-state index in [2.05, 4.69) is 32.1 Å². The normalized spacial score (nSPS) is 20.4. The lowest BCUT2D eigenvalue weighted by Gasteiger charge is -2.23. The quantitative estimate of drug-likeness (QED) is 0.865. The van der Waals surface area contributed by atoms with E-state index in [4.69, 9.17) is 14.6 Å². The highest BCUT2D eigenvalue weighted by molar-refractivity contribution is 5.88.